The first kappa shape index (κ1) is 56.3. The fourth-order valence-corrected chi connectivity index (χ4v) is 12.3. The van der Waals surface area contributed by atoms with E-state index >= 15 is 4.39 Å². The fourth-order valence-electron chi connectivity index (χ4n) is 12.3. The molecule has 0 saturated carbocycles. The van der Waals surface area contributed by atoms with Gasteiger partial charge in [-0.05, 0) is 206 Å². The van der Waals surface area contributed by atoms with Crippen LogP contribution in [0, 0.1) is 49.5 Å². The summed E-state index contributed by atoms with van der Waals surface area (Å²) in [5.41, 5.74) is 11.1. The lowest BCUT2D eigenvalue weighted by atomic mass is 9.90. The molecule has 11 heterocycles. The second kappa shape index (κ2) is 23.6. The van der Waals surface area contributed by atoms with Crippen molar-refractivity contribution in [1.29, 1.82) is 0 Å². The van der Waals surface area contributed by atoms with Gasteiger partial charge in [0.1, 0.15) is 57.9 Å². The number of halogens is 4. The highest BCUT2D eigenvalue weighted by Crippen LogP contribution is 2.33. The number of fused-ring (bicyclic) bond motifs is 6. The smallest absolute Gasteiger partial charge is 0.339 e. The maximum absolute atomic E-state index is 15.1. The molecule has 19 nitrogen and oxygen atoms in total. The van der Waals surface area contributed by atoms with E-state index in [1.807, 2.05) is 106 Å². The Balaban J connectivity index is 0.000000120. The van der Waals surface area contributed by atoms with Gasteiger partial charge in [0.25, 0.3) is 0 Å². The number of nitrogens with zero attached hydrogens (tertiary/aromatic N) is 16. The van der Waals surface area contributed by atoms with Crippen molar-refractivity contribution in [2.75, 3.05) is 51.2 Å². The molecule has 438 valence electrons. The number of benzene rings is 4. The Morgan fingerprint density at radius 3 is 1.58 bits per heavy atom. The molecule has 0 spiro atoms. The molecule has 10 aromatic rings. The number of rotatable bonds is 7. The third-order valence-corrected chi connectivity index (χ3v) is 16.8. The molecule has 86 heavy (non-hydrogen) atoms. The molecule has 5 aliphatic heterocycles. The van der Waals surface area contributed by atoms with Gasteiger partial charge in [-0.1, -0.05) is 9.98 Å². The minimum absolute atomic E-state index is 0.105. The van der Waals surface area contributed by atoms with Gasteiger partial charge in [0.05, 0.1) is 16.6 Å². The average molecular weight is 1160 g/mol. The van der Waals surface area contributed by atoms with E-state index in [4.69, 9.17) is 0 Å². The lowest BCUT2D eigenvalue weighted by Crippen LogP contribution is -2.42. The SMILES string of the molecule is CC1C=[n+]2cc(-c3nnc4cc(C5CCNCC5)cc(F)c4n3)cc(F)c2=N1.Cc1cc(-c2cc(F)c3nc(N(C)C4CCNCC4)nnc3c2)cc2cn(C)nc12.Cc1cc(-c2nnc3cc(C4CCNCC4)cc(F)c3n2)c[n+]2c1=NC(C)C=2. The van der Waals surface area contributed by atoms with Gasteiger partial charge < -0.3 is 20.9 Å². The standard InChI is InChI=1S/C22H24FN7.C21H22FN6.C20H19F2N6/c1-13-8-14(9-16-12-29(2)28-20(13)16)15-10-18(23)21-19(11-15)26-27-22(25-21)30(3)17-4-6-24-7-5-17;1-12-7-16(11-28-10-13(2)24-21(12)28)20-25-19-17(22)8-15(9-18(19)26-27-20)14-3-5-23-6-4-14;1-11-9-28-10-14(7-16(22)20(28)24-11)19-25-18-15(21)6-13(8-17(18)26-27-19)12-2-4-23-5-3-12/h8-12,17,24H,4-7H2,1-3H3;7-11,13-14,23H,3-6H2,1-2H3;6-12,23H,2-5H2,1H3/q;2*+1. The second-order valence-electron chi connectivity index (χ2n) is 23.1. The quantitative estimate of drug-likeness (QED) is 0.110. The van der Waals surface area contributed by atoms with Gasteiger partial charge in [-0.15, -0.1) is 30.6 Å². The Morgan fingerprint density at radius 2 is 0.977 bits per heavy atom. The maximum atomic E-state index is 15.1. The van der Waals surface area contributed by atoms with Crippen LogP contribution in [-0.4, -0.2) is 120 Å². The predicted molar refractivity (Wildman–Crippen MR) is 317 cm³/mol. The first-order valence-electron chi connectivity index (χ1n) is 29.4. The Labute approximate surface area is 491 Å². The molecule has 3 fully saturated rings. The average Bonchev–Trinajstić information content (AvgIpc) is 2.14. The van der Waals surface area contributed by atoms with E-state index < -0.39 is 11.6 Å². The van der Waals surface area contributed by atoms with Crippen molar-refractivity contribution in [1.82, 2.24) is 71.3 Å². The van der Waals surface area contributed by atoms with Crippen molar-refractivity contribution in [3.05, 3.63) is 148 Å². The van der Waals surface area contributed by atoms with Crippen molar-refractivity contribution < 1.29 is 26.0 Å². The van der Waals surface area contributed by atoms with Crippen LogP contribution in [0.3, 0.4) is 0 Å². The molecular formula is C63H65F4N19+2. The van der Waals surface area contributed by atoms with Gasteiger partial charge in [0.15, 0.2) is 41.2 Å². The highest BCUT2D eigenvalue weighted by Gasteiger charge is 2.26. The van der Waals surface area contributed by atoms with Crippen LogP contribution in [0.15, 0.2) is 89.2 Å². The summed E-state index contributed by atoms with van der Waals surface area (Å²) < 4.78 is 64.5. The Morgan fingerprint density at radius 1 is 0.500 bits per heavy atom. The van der Waals surface area contributed by atoms with E-state index in [2.05, 4.69) is 76.6 Å². The molecule has 4 aromatic carbocycles. The largest absolute Gasteiger partial charge is 0.358 e. The van der Waals surface area contributed by atoms with Gasteiger partial charge >= 0.3 is 11.0 Å². The first-order valence-corrected chi connectivity index (χ1v) is 29.4. The Hall–Kier alpha value is -8.80. The highest BCUT2D eigenvalue weighted by atomic mass is 19.1. The van der Waals surface area contributed by atoms with Crippen LogP contribution in [0.5, 0.6) is 0 Å². The molecule has 3 N–H and O–H groups in total. The second-order valence-corrected chi connectivity index (χ2v) is 23.1. The van der Waals surface area contributed by atoms with Crippen LogP contribution in [0.2, 0.25) is 0 Å². The predicted octanol–water partition coefficient (Wildman–Crippen LogP) is 6.90. The Bertz CT molecular complexity index is 4370. The minimum atomic E-state index is -0.469. The topological polar surface area (TPSA) is 210 Å². The van der Waals surface area contributed by atoms with E-state index in [9.17, 15) is 13.2 Å². The summed E-state index contributed by atoms with van der Waals surface area (Å²) in [7, 11) is 3.85. The first-order chi connectivity index (χ1) is 41.7. The summed E-state index contributed by atoms with van der Waals surface area (Å²) in [6.07, 6.45) is 15.4. The third kappa shape index (κ3) is 11.4. The van der Waals surface area contributed by atoms with E-state index in [1.54, 1.807) is 33.5 Å². The summed E-state index contributed by atoms with van der Waals surface area (Å²) in [4.78, 5) is 24.1. The number of pyridine rings is 2. The number of anilines is 1. The van der Waals surface area contributed by atoms with Crippen LogP contribution in [-0.2, 0) is 7.05 Å². The van der Waals surface area contributed by atoms with Gasteiger partial charge in [0, 0.05) is 37.3 Å². The van der Waals surface area contributed by atoms with Gasteiger partial charge in [0.2, 0.25) is 11.8 Å². The maximum Gasteiger partial charge on any atom is 0.358 e. The molecule has 2 unspecified atom stereocenters. The lowest BCUT2D eigenvalue weighted by Gasteiger charge is -2.31. The summed E-state index contributed by atoms with van der Waals surface area (Å²) in [5.74, 6) is 0.132. The monoisotopic (exact) mass is 1160 g/mol. The number of aryl methyl sites for hydroxylation is 3. The summed E-state index contributed by atoms with van der Waals surface area (Å²) >= 11 is 0. The number of aromatic nitrogens is 13. The molecule has 0 amide bonds. The minimum Gasteiger partial charge on any atom is -0.339 e. The molecular weight excluding hydrogens is 1100 g/mol. The highest BCUT2D eigenvalue weighted by molar-refractivity contribution is 5.89. The number of hydrogen-bond donors (Lipinski definition) is 3. The molecule has 3 saturated heterocycles. The lowest BCUT2D eigenvalue weighted by molar-refractivity contribution is -0.524. The van der Waals surface area contributed by atoms with Crippen LogP contribution < -0.4 is 40.3 Å². The molecule has 2 atom stereocenters. The zero-order valence-corrected chi connectivity index (χ0v) is 48.7. The van der Waals surface area contributed by atoms with Crippen molar-refractivity contribution in [3.63, 3.8) is 0 Å². The molecule has 0 radical (unpaired) electrons. The van der Waals surface area contributed by atoms with Crippen molar-refractivity contribution in [2.45, 2.75) is 96.2 Å². The van der Waals surface area contributed by atoms with E-state index in [1.165, 1.54) is 12.1 Å². The van der Waals surface area contributed by atoms with Gasteiger partial charge in [-0.2, -0.15) is 13.7 Å². The number of hydrogen-bond acceptors (Lipinski definition) is 16. The van der Waals surface area contributed by atoms with Crippen LogP contribution in [0.1, 0.15) is 86.5 Å². The normalized spacial score (nSPS) is 17.9. The number of piperidine rings is 3. The van der Waals surface area contributed by atoms with Crippen molar-refractivity contribution in [3.8, 4) is 33.9 Å². The van der Waals surface area contributed by atoms with Crippen LogP contribution in [0.25, 0.3) is 77.9 Å². The zero-order valence-electron chi connectivity index (χ0n) is 48.7. The fraction of sp³-hybridized carbons (Fsp3) is 0.365. The van der Waals surface area contributed by atoms with Crippen molar-refractivity contribution in [2.24, 2.45) is 17.0 Å². The third-order valence-electron chi connectivity index (χ3n) is 16.8. The Kier molecular flexibility index (Phi) is 15.4. The van der Waals surface area contributed by atoms with Crippen LogP contribution in [0.4, 0.5) is 23.5 Å². The van der Waals surface area contributed by atoms with Gasteiger partial charge in [-0.3, -0.25) is 4.68 Å². The molecule has 5 aliphatic rings. The molecule has 15 rings (SSSR count). The van der Waals surface area contributed by atoms with E-state index in [-0.39, 0.29) is 51.6 Å². The summed E-state index contributed by atoms with van der Waals surface area (Å²) in [5, 5.41) is 41.0. The number of nitrogens with one attached hydrogen (secondary N) is 3. The molecule has 6 aromatic heterocycles. The van der Waals surface area contributed by atoms with Crippen LogP contribution >= 0.6 is 0 Å². The molecule has 23 heteroatoms. The van der Waals surface area contributed by atoms with Crippen molar-refractivity contribution >= 4 is 50.0 Å². The summed E-state index contributed by atoms with van der Waals surface area (Å²) in [6.45, 7) is 13.6. The van der Waals surface area contributed by atoms with E-state index in [0.717, 1.165) is 133 Å². The van der Waals surface area contributed by atoms with Gasteiger partial charge in [-0.25, -0.2) is 32.4 Å². The van der Waals surface area contributed by atoms with E-state index in [0.29, 0.717) is 51.8 Å². The summed E-state index contributed by atoms with van der Waals surface area (Å²) in [6, 6.07) is 18.1. The zero-order chi connectivity index (χ0) is 59.3. The molecule has 0 bridgehead atoms. The molecule has 0 aliphatic carbocycles.